The molecule has 0 aliphatic heterocycles. The number of nitriles is 1. The fraction of sp³-hybridized carbons (Fsp3) is 0.500. The molecule has 1 heterocycles. The quantitative estimate of drug-likeness (QED) is 0.777. The smallest absolute Gasteiger partial charge is 0.140 e. The van der Waals surface area contributed by atoms with Crippen molar-refractivity contribution in [2.45, 2.75) is 26.5 Å². The summed E-state index contributed by atoms with van der Waals surface area (Å²) in [5.74, 6) is 0.250. The third-order valence-electron chi connectivity index (χ3n) is 2.39. The Balaban J connectivity index is 2.40. The largest absolute Gasteiger partial charge is 0.392 e. The molecule has 0 saturated carbocycles. The molecular formula is C12H17N3O. The number of nitrogens with one attached hydrogen (secondary N) is 1. The predicted molar refractivity (Wildman–Crippen MR) is 61.5 cm³/mol. The Kier molecular flexibility index (Phi) is 4.90. The minimum Gasteiger partial charge on any atom is -0.392 e. The van der Waals surface area contributed by atoms with E-state index in [2.05, 4.69) is 10.3 Å². The number of pyridine rings is 1. The minimum absolute atomic E-state index is 0.250. The van der Waals surface area contributed by atoms with Gasteiger partial charge in [0.05, 0.1) is 6.10 Å². The molecule has 1 aromatic heterocycles. The van der Waals surface area contributed by atoms with Gasteiger partial charge in [-0.3, -0.25) is 0 Å². The van der Waals surface area contributed by atoms with Crippen LogP contribution in [0, 0.1) is 17.2 Å². The van der Waals surface area contributed by atoms with E-state index < -0.39 is 0 Å². The first kappa shape index (κ1) is 12.6. The number of rotatable bonds is 5. The second kappa shape index (κ2) is 6.21. The Morgan fingerprint density at radius 1 is 1.56 bits per heavy atom. The van der Waals surface area contributed by atoms with Gasteiger partial charge >= 0.3 is 0 Å². The molecule has 86 valence electrons. The molecule has 4 nitrogen and oxygen atoms in total. The van der Waals surface area contributed by atoms with E-state index in [9.17, 15) is 5.11 Å². The molecule has 0 fully saturated rings. The molecule has 2 N–H and O–H groups in total. The molecule has 1 atom stereocenters. The molecular weight excluding hydrogens is 202 g/mol. The van der Waals surface area contributed by atoms with Gasteiger partial charge < -0.3 is 10.4 Å². The SMILES string of the molecule is CC(C)C(O)CNCc1ccnc(C#N)c1. The molecule has 16 heavy (non-hydrogen) atoms. The molecule has 1 unspecified atom stereocenters. The van der Waals surface area contributed by atoms with Crippen molar-refractivity contribution in [3.8, 4) is 6.07 Å². The van der Waals surface area contributed by atoms with Crippen molar-refractivity contribution >= 4 is 0 Å². The van der Waals surface area contributed by atoms with Crippen LogP contribution in [-0.4, -0.2) is 22.7 Å². The van der Waals surface area contributed by atoms with Crippen molar-refractivity contribution in [1.29, 1.82) is 5.26 Å². The summed E-state index contributed by atoms with van der Waals surface area (Å²) in [6.45, 7) is 5.15. The summed E-state index contributed by atoms with van der Waals surface area (Å²) in [4.78, 5) is 3.89. The van der Waals surface area contributed by atoms with E-state index in [1.807, 2.05) is 26.0 Å². The standard InChI is InChI=1S/C12H17N3O/c1-9(2)12(16)8-14-7-10-3-4-15-11(5-10)6-13/h3-5,9,12,14,16H,7-8H2,1-2H3. The summed E-state index contributed by atoms with van der Waals surface area (Å²) in [6.07, 6.45) is 1.28. The molecule has 0 saturated heterocycles. The van der Waals surface area contributed by atoms with Gasteiger partial charge in [-0.05, 0) is 23.6 Å². The predicted octanol–water partition coefficient (Wildman–Crippen LogP) is 1.06. The van der Waals surface area contributed by atoms with E-state index >= 15 is 0 Å². The third kappa shape index (κ3) is 3.97. The van der Waals surface area contributed by atoms with Gasteiger partial charge in [-0.2, -0.15) is 5.26 Å². The maximum atomic E-state index is 9.58. The van der Waals surface area contributed by atoms with Crippen LogP contribution in [0.15, 0.2) is 18.3 Å². The van der Waals surface area contributed by atoms with Crippen molar-refractivity contribution in [2.75, 3.05) is 6.54 Å². The number of aromatic nitrogens is 1. The first-order chi connectivity index (χ1) is 7.63. The molecule has 0 bridgehead atoms. The first-order valence-corrected chi connectivity index (χ1v) is 5.37. The summed E-state index contributed by atoms with van der Waals surface area (Å²) in [5, 5.41) is 21.4. The lowest BCUT2D eigenvalue weighted by atomic mass is 10.1. The Labute approximate surface area is 95.9 Å². The maximum absolute atomic E-state index is 9.58. The summed E-state index contributed by atoms with van der Waals surface area (Å²) >= 11 is 0. The van der Waals surface area contributed by atoms with Gasteiger partial charge in [0.25, 0.3) is 0 Å². The van der Waals surface area contributed by atoms with Crippen LogP contribution in [0.2, 0.25) is 0 Å². The average molecular weight is 219 g/mol. The van der Waals surface area contributed by atoms with Gasteiger partial charge in [0.1, 0.15) is 11.8 Å². The second-order valence-corrected chi connectivity index (χ2v) is 4.10. The number of nitrogens with zero attached hydrogens (tertiary/aromatic N) is 2. The zero-order valence-corrected chi connectivity index (χ0v) is 9.64. The van der Waals surface area contributed by atoms with Crippen molar-refractivity contribution in [3.05, 3.63) is 29.6 Å². The average Bonchev–Trinajstić information content (AvgIpc) is 2.29. The first-order valence-electron chi connectivity index (χ1n) is 5.37. The lowest BCUT2D eigenvalue weighted by Crippen LogP contribution is -2.30. The highest BCUT2D eigenvalue weighted by Crippen LogP contribution is 2.02. The van der Waals surface area contributed by atoms with E-state index in [4.69, 9.17) is 5.26 Å². The van der Waals surface area contributed by atoms with Crippen molar-refractivity contribution in [1.82, 2.24) is 10.3 Å². The number of aliphatic hydroxyl groups excluding tert-OH is 1. The topological polar surface area (TPSA) is 68.9 Å². The highest BCUT2D eigenvalue weighted by Gasteiger charge is 2.07. The summed E-state index contributed by atoms with van der Waals surface area (Å²) < 4.78 is 0. The van der Waals surface area contributed by atoms with Crippen LogP contribution >= 0.6 is 0 Å². The molecule has 1 aromatic rings. The van der Waals surface area contributed by atoms with E-state index in [0.717, 1.165) is 5.56 Å². The van der Waals surface area contributed by atoms with E-state index in [1.54, 1.807) is 12.3 Å². The van der Waals surface area contributed by atoms with Crippen LogP contribution in [0.1, 0.15) is 25.1 Å². The van der Waals surface area contributed by atoms with Gasteiger partial charge in [-0.15, -0.1) is 0 Å². The van der Waals surface area contributed by atoms with Crippen LogP contribution < -0.4 is 5.32 Å². The summed E-state index contributed by atoms with van der Waals surface area (Å²) in [7, 11) is 0. The van der Waals surface area contributed by atoms with Crippen molar-refractivity contribution in [3.63, 3.8) is 0 Å². The van der Waals surface area contributed by atoms with Gasteiger partial charge in [-0.25, -0.2) is 4.98 Å². The van der Waals surface area contributed by atoms with Crippen LogP contribution in [0.25, 0.3) is 0 Å². The molecule has 0 aliphatic rings. The van der Waals surface area contributed by atoms with Gasteiger partial charge in [0, 0.05) is 19.3 Å². The third-order valence-corrected chi connectivity index (χ3v) is 2.39. The monoisotopic (exact) mass is 219 g/mol. The van der Waals surface area contributed by atoms with Crippen LogP contribution in [0.4, 0.5) is 0 Å². The fourth-order valence-electron chi connectivity index (χ4n) is 1.25. The van der Waals surface area contributed by atoms with Crippen LogP contribution in [0.5, 0.6) is 0 Å². The lowest BCUT2D eigenvalue weighted by Gasteiger charge is -2.14. The van der Waals surface area contributed by atoms with Crippen molar-refractivity contribution < 1.29 is 5.11 Å². The molecule has 0 amide bonds. The molecule has 0 aromatic carbocycles. The van der Waals surface area contributed by atoms with Crippen LogP contribution in [-0.2, 0) is 6.54 Å². The summed E-state index contributed by atoms with van der Waals surface area (Å²) in [5.41, 5.74) is 1.42. The molecule has 1 rings (SSSR count). The molecule has 4 heteroatoms. The fourth-order valence-corrected chi connectivity index (χ4v) is 1.25. The lowest BCUT2D eigenvalue weighted by molar-refractivity contribution is 0.123. The zero-order chi connectivity index (χ0) is 12.0. The Bertz CT molecular complexity index is 371. The summed E-state index contributed by atoms with van der Waals surface area (Å²) in [6, 6.07) is 5.60. The Hall–Kier alpha value is -1.44. The normalized spacial score (nSPS) is 12.4. The van der Waals surface area contributed by atoms with Gasteiger partial charge in [0.2, 0.25) is 0 Å². The van der Waals surface area contributed by atoms with Gasteiger partial charge in [-0.1, -0.05) is 13.8 Å². The maximum Gasteiger partial charge on any atom is 0.140 e. The highest BCUT2D eigenvalue weighted by atomic mass is 16.3. The molecule has 0 radical (unpaired) electrons. The minimum atomic E-state index is -0.336. The Morgan fingerprint density at radius 2 is 2.31 bits per heavy atom. The second-order valence-electron chi connectivity index (χ2n) is 4.10. The van der Waals surface area contributed by atoms with E-state index in [-0.39, 0.29) is 12.0 Å². The number of hydrogen-bond acceptors (Lipinski definition) is 4. The Morgan fingerprint density at radius 3 is 2.94 bits per heavy atom. The van der Waals surface area contributed by atoms with Crippen molar-refractivity contribution in [2.24, 2.45) is 5.92 Å². The van der Waals surface area contributed by atoms with E-state index in [0.29, 0.717) is 18.8 Å². The molecule has 0 spiro atoms. The number of hydrogen-bond donors (Lipinski definition) is 2. The van der Waals surface area contributed by atoms with Crippen LogP contribution in [0.3, 0.4) is 0 Å². The zero-order valence-electron chi connectivity index (χ0n) is 9.64. The van der Waals surface area contributed by atoms with E-state index in [1.165, 1.54) is 0 Å². The number of aliphatic hydroxyl groups is 1. The van der Waals surface area contributed by atoms with Gasteiger partial charge in [0.15, 0.2) is 0 Å². The highest BCUT2D eigenvalue weighted by molar-refractivity contribution is 5.25. The molecule has 0 aliphatic carbocycles.